The molecule has 2 aliphatic rings. The van der Waals surface area contributed by atoms with Gasteiger partial charge in [0.15, 0.2) is 5.69 Å². The molecular weight excluding hydrogens is 660 g/mol. The first-order valence-corrected chi connectivity index (χ1v) is 16.4. The highest BCUT2D eigenvalue weighted by atomic mass is 35.5. The van der Waals surface area contributed by atoms with Gasteiger partial charge in [-0.3, -0.25) is 0 Å². The normalized spacial score (nSPS) is 16.3. The van der Waals surface area contributed by atoms with E-state index in [0.717, 1.165) is 42.5 Å². The van der Waals surface area contributed by atoms with E-state index in [1.54, 1.807) is 13.0 Å². The van der Waals surface area contributed by atoms with Crippen LogP contribution in [0.4, 0.5) is 17.6 Å². The molecule has 2 atom stereocenters. The molecule has 0 N–H and O–H groups in total. The summed E-state index contributed by atoms with van der Waals surface area (Å²) >= 11 is 6.05. The Balaban J connectivity index is 0.000000219. The zero-order valence-corrected chi connectivity index (χ0v) is 28.1. The molecule has 6 nitrogen and oxygen atoms in total. The molecule has 262 valence electrons. The van der Waals surface area contributed by atoms with Gasteiger partial charge >= 0.3 is 5.97 Å². The number of rotatable bonds is 6. The lowest BCUT2D eigenvalue weighted by molar-refractivity contribution is 0.0515. The Morgan fingerprint density at radius 1 is 0.776 bits per heavy atom. The summed E-state index contributed by atoms with van der Waals surface area (Å²) in [5.41, 5.74) is 3.23. The fraction of sp³-hybridized carbons (Fsp3) is 0.395. The van der Waals surface area contributed by atoms with E-state index in [0.29, 0.717) is 40.8 Å². The molecule has 0 fully saturated rings. The molecular formula is C38H41ClF4N2O4. The Morgan fingerprint density at radius 3 is 1.69 bits per heavy atom. The number of ether oxygens (including phenoxy) is 3. The molecule has 0 radical (unpaired) electrons. The third kappa shape index (κ3) is 8.52. The molecule has 49 heavy (non-hydrogen) atoms. The summed E-state index contributed by atoms with van der Waals surface area (Å²) in [6, 6.07) is 10.0. The number of carbonyl (C=O) groups is 1. The first-order chi connectivity index (χ1) is 22.9. The largest absolute Gasteiger partial charge is 0.474 e. The van der Waals surface area contributed by atoms with Crippen molar-refractivity contribution in [1.29, 1.82) is 0 Å². The van der Waals surface area contributed by atoms with Gasteiger partial charge in [-0.2, -0.15) is 0 Å². The lowest BCUT2D eigenvalue weighted by atomic mass is 9.91. The maximum Gasteiger partial charge on any atom is 0.357 e. The second kappa shape index (κ2) is 16.0. The number of pyridine rings is 2. The van der Waals surface area contributed by atoms with Crippen molar-refractivity contribution in [2.45, 2.75) is 79.9 Å². The maximum absolute atomic E-state index is 14.4. The second-order valence-corrected chi connectivity index (χ2v) is 12.8. The van der Waals surface area contributed by atoms with Gasteiger partial charge in [-0.15, -0.1) is 0 Å². The highest BCUT2D eigenvalue weighted by molar-refractivity contribution is 6.29. The molecule has 11 heteroatoms. The van der Waals surface area contributed by atoms with Gasteiger partial charge in [0.25, 0.3) is 0 Å². The number of benzene rings is 2. The van der Waals surface area contributed by atoms with Crippen molar-refractivity contribution >= 4 is 17.6 Å². The van der Waals surface area contributed by atoms with Gasteiger partial charge in [-0.25, -0.2) is 32.3 Å². The Kier molecular flexibility index (Phi) is 12.3. The highest BCUT2D eigenvalue weighted by Gasteiger charge is 2.30. The summed E-state index contributed by atoms with van der Waals surface area (Å²) in [6.45, 7) is 10.2. The van der Waals surface area contributed by atoms with Crippen molar-refractivity contribution in [2.75, 3.05) is 6.61 Å². The zero-order valence-electron chi connectivity index (χ0n) is 27.4. The Labute approximate surface area is 289 Å². The highest BCUT2D eigenvalue weighted by Crippen LogP contribution is 2.40. The van der Waals surface area contributed by atoms with Crippen molar-refractivity contribution in [2.24, 2.45) is 11.8 Å². The molecule has 0 bridgehead atoms. The Hall–Kier alpha value is -4.18. The van der Waals surface area contributed by atoms with Gasteiger partial charge in [-0.1, -0.05) is 46.7 Å². The molecule has 2 aliphatic heterocycles. The van der Waals surface area contributed by atoms with Crippen LogP contribution >= 0.6 is 11.6 Å². The number of hydrogen-bond acceptors (Lipinski definition) is 6. The van der Waals surface area contributed by atoms with Crippen LogP contribution in [0.15, 0.2) is 48.5 Å². The average molecular weight is 701 g/mol. The van der Waals surface area contributed by atoms with Gasteiger partial charge in [0, 0.05) is 34.4 Å². The van der Waals surface area contributed by atoms with Crippen LogP contribution in [-0.4, -0.2) is 34.8 Å². The number of halogens is 5. The summed E-state index contributed by atoms with van der Waals surface area (Å²) in [5, 5.41) is 0.238. The number of esters is 1. The van der Waals surface area contributed by atoms with E-state index >= 15 is 0 Å². The van der Waals surface area contributed by atoms with Crippen LogP contribution in [-0.2, 0) is 17.6 Å². The first-order valence-electron chi connectivity index (χ1n) is 16.0. The topological polar surface area (TPSA) is 70.5 Å². The van der Waals surface area contributed by atoms with Crippen LogP contribution in [0.3, 0.4) is 0 Å². The van der Waals surface area contributed by atoms with Gasteiger partial charge < -0.3 is 14.2 Å². The first kappa shape index (κ1) is 37.6. The molecule has 0 spiro atoms. The summed E-state index contributed by atoms with van der Waals surface area (Å²) in [6.07, 6.45) is 3.02. The van der Waals surface area contributed by atoms with Crippen LogP contribution in [0.25, 0.3) is 22.3 Å². The molecule has 2 aromatic heterocycles. The minimum absolute atomic E-state index is 0. The smallest absolute Gasteiger partial charge is 0.357 e. The van der Waals surface area contributed by atoms with Gasteiger partial charge in [-0.05, 0) is 92.0 Å². The quantitative estimate of drug-likeness (QED) is 0.113. The fourth-order valence-corrected chi connectivity index (χ4v) is 6.05. The Bertz CT molecular complexity index is 1820. The average Bonchev–Trinajstić information content (AvgIpc) is 3.04. The lowest BCUT2D eigenvalue weighted by Gasteiger charge is -2.29. The van der Waals surface area contributed by atoms with E-state index in [2.05, 4.69) is 23.8 Å². The van der Waals surface area contributed by atoms with Gasteiger partial charge in [0.2, 0.25) is 11.8 Å². The van der Waals surface area contributed by atoms with Crippen LogP contribution in [0.2, 0.25) is 5.15 Å². The van der Waals surface area contributed by atoms with Crippen molar-refractivity contribution in [1.82, 2.24) is 9.97 Å². The zero-order chi connectivity index (χ0) is 34.7. The fourth-order valence-electron chi connectivity index (χ4n) is 5.87. The van der Waals surface area contributed by atoms with Crippen molar-refractivity contribution < 1.29 is 36.6 Å². The summed E-state index contributed by atoms with van der Waals surface area (Å²) in [4.78, 5) is 20.7. The molecule has 4 heterocycles. The minimum atomic E-state index is -0.695. The molecule has 4 aromatic rings. The summed E-state index contributed by atoms with van der Waals surface area (Å²) in [7, 11) is 0. The molecule has 0 saturated heterocycles. The number of aromatic nitrogens is 2. The SMILES string of the molecule is C.CC(C)C1CCc2c(-c3ccc(F)cc3F)cc(Cl)nc2O1.CCOC(=O)c1cc(-c2ccc(F)cc2F)c2c(n1)OC(C(C)C)CC2. The summed E-state index contributed by atoms with van der Waals surface area (Å²) in [5.74, 6) is -1.76. The monoisotopic (exact) mass is 700 g/mol. The van der Waals surface area contributed by atoms with Gasteiger partial charge in [0.05, 0.1) is 6.61 Å². The van der Waals surface area contributed by atoms with E-state index in [1.165, 1.54) is 30.3 Å². The van der Waals surface area contributed by atoms with Crippen LogP contribution in [0.5, 0.6) is 11.8 Å². The van der Waals surface area contributed by atoms with Crippen molar-refractivity contribution in [3.05, 3.63) is 93.8 Å². The lowest BCUT2D eigenvalue weighted by Crippen LogP contribution is -2.29. The maximum atomic E-state index is 14.4. The molecule has 2 unspecified atom stereocenters. The van der Waals surface area contributed by atoms with E-state index in [-0.39, 0.29) is 48.6 Å². The molecule has 0 saturated carbocycles. The third-order valence-electron chi connectivity index (χ3n) is 8.44. The molecule has 6 rings (SSSR count). The number of hydrogen-bond donors (Lipinski definition) is 0. The van der Waals surface area contributed by atoms with Crippen LogP contribution < -0.4 is 9.47 Å². The predicted molar refractivity (Wildman–Crippen MR) is 182 cm³/mol. The standard InChI is InChI=1S/C20H21F2NO3.C17H16ClF2NO.CH4/c1-4-25-20(24)17-10-15(13-6-5-12(21)9-16(13)22)14-7-8-18(11(2)3)26-19(14)23-17;1-9(2)15-6-5-12-13(8-16(18)21-17(12)22-15)11-4-3-10(19)7-14(11)20;/h5-6,9-11,18H,4,7-8H2,1-3H3;3-4,7-9,15H,5-6H2,1-2H3;1H4. The van der Waals surface area contributed by atoms with Gasteiger partial charge in [0.1, 0.15) is 40.6 Å². The van der Waals surface area contributed by atoms with E-state index in [9.17, 15) is 22.4 Å². The van der Waals surface area contributed by atoms with Crippen molar-refractivity contribution in [3.8, 4) is 34.0 Å². The van der Waals surface area contributed by atoms with E-state index in [4.69, 9.17) is 25.8 Å². The Morgan fingerprint density at radius 2 is 1.24 bits per heavy atom. The summed E-state index contributed by atoms with van der Waals surface area (Å²) < 4.78 is 71.8. The number of fused-ring (bicyclic) bond motifs is 2. The number of carbonyl (C=O) groups excluding carboxylic acids is 1. The number of nitrogens with zero attached hydrogens (tertiary/aromatic N) is 2. The molecule has 0 aliphatic carbocycles. The second-order valence-electron chi connectivity index (χ2n) is 12.5. The minimum Gasteiger partial charge on any atom is -0.474 e. The van der Waals surface area contributed by atoms with E-state index in [1.807, 2.05) is 13.8 Å². The molecule has 2 aromatic carbocycles. The van der Waals surface area contributed by atoms with Crippen LogP contribution in [0.1, 0.15) is 76.5 Å². The van der Waals surface area contributed by atoms with E-state index < -0.39 is 29.2 Å². The predicted octanol–water partition coefficient (Wildman–Crippen LogP) is 10.2. The van der Waals surface area contributed by atoms with Crippen molar-refractivity contribution in [3.63, 3.8) is 0 Å². The van der Waals surface area contributed by atoms with Crippen LogP contribution in [0, 0.1) is 35.1 Å². The third-order valence-corrected chi connectivity index (χ3v) is 8.63. The molecule has 0 amide bonds.